The summed E-state index contributed by atoms with van der Waals surface area (Å²) in [5, 5.41) is 16.8. The molecular formula is C50H44N6O6S2. The van der Waals surface area contributed by atoms with Gasteiger partial charge in [-0.1, -0.05) is 163 Å². The number of benzene rings is 5. The Morgan fingerprint density at radius 2 is 1.30 bits per heavy atom. The molecule has 0 saturated carbocycles. The maximum Gasteiger partial charge on any atom is 0.415 e. The maximum absolute atomic E-state index is 14.7. The number of anilines is 1. The summed E-state index contributed by atoms with van der Waals surface area (Å²) in [6.07, 6.45) is -0.250. The van der Waals surface area contributed by atoms with E-state index in [0.29, 0.717) is 35.0 Å². The summed E-state index contributed by atoms with van der Waals surface area (Å²) < 4.78 is 12.4. The minimum atomic E-state index is -1.62. The predicted molar refractivity (Wildman–Crippen MR) is 246 cm³/mol. The molecule has 3 aliphatic heterocycles. The molecule has 0 aliphatic carbocycles. The van der Waals surface area contributed by atoms with Gasteiger partial charge in [0.1, 0.15) is 21.5 Å². The number of likely N-dealkylation sites (tertiary alicyclic amines) is 1. The number of aromatic nitrogens is 1. The van der Waals surface area contributed by atoms with Crippen molar-refractivity contribution in [2.45, 2.75) is 48.1 Å². The van der Waals surface area contributed by atoms with Crippen molar-refractivity contribution in [1.82, 2.24) is 20.1 Å². The molecule has 14 heteroatoms. The van der Waals surface area contributed by atoms with Gasteiger partial charge in [0, 0.05) is 18.5 Å². The molecule has 4 heterocycles. The van der Waals surface area contributed by atoms with Crippen LogP contribution in [-0.2, 0) is 35.8 Å². The Morgan fingerprint density at radius 3 is 1.81 bits per heavy atom. The molecule has 3 aliphatic rings. The third-order valence-corrected chi connectivity index (χ3v) is 13.8. The Labute approximate surface area is 378 Å². The molecule has 3 amide bonds. The third-order valence-electron chi connectivity index (χ3n) is 11.5. The highest BCUT2D eigenvalue weighted by Crippen LogP contribution is 2.49. The van der Waals surface area contributed by atoms with Crippen LogP contribution in [0.1, 0.15) is 59.4 Å². The molecule has 1 unspecified atom stereocenters. The molecule has 2 fully saturated rings. The van der Waals surface area contributed by atoms with E-state index in [1.807, 2.05) is 121 Å². The number of rotatable bonds is 13. The van der Waals surface area contributed by atoms with E-state index in [4.69, 9.17) is 19.9 Å². The van der Waals surface area contributed by atoms with Crippen LogP contribution in [0.15, 0.2) is 168 Å². The van der Waals surface area contributed by atoms with Crippen LogP contribution in [0, 0.1) is 5.41 Å². The van der Waals surface area contributed by atoms with E-state index in [9.17, 15) is 19.2 Å². The second kappa shape index (κ2) is 18.0. The standard InChI is InChI=1S/C50H44N6O6S2/c1-49(53-39(57)31-38-32-63-47(52-38)54-50(35-23-11-4-12-24-35,36-25-13-5-14-26-36)37-27-15-6-16-28-37)43(62-48(60)55-29-17-18-30-55)41(56-44(58)40(51)45(56)64-49)46(59)61-42(33-19-7-2-8-20-33)34-21-9-3-10-22-34/h2-16,19-28,32,42,45,51H,17-18,29-31H2,1H3,(H,52,54)(H,53,57)/t45-,49?/m1/s1. The van der Waals surface area contributed by atoms with Crippen LogP contribution in [0.5, 0.6) is 0 Å². The molecule has 12 nitrogen and oxygen atoms in total. The molecule has 2 atom stereocenters. The summed E-state index contributed by atoms with van der Waals surface area (Å²) >= 11 is 2.38. The molecule has 2 saturated heterocycles. The van der Waals surface area contributed by atoms with E-state index in [1.54, 1.807) is 6.92 Å². The average Bonchev–Trinajstić information content (AvgIpc) is 4.04. The Balaban J connectivity index is 1.05. The molecule has 0 radical (unpaired) electrons. The normalized spacial score (nSPS) is 18.3. The zero-order chi connectivity index (χ0) is 44.3. The van der Waals surface area contributed by atoms with Crippen molar-refractivity contribution >= 4 is 57.8 Å². The third kappa shape index (κ3) is 8.17. The Hall–Kier alpha value is -7.03. The van der Waals surface area contributed by atoms with Crippen LogP contribution in [0.3, 0.4) is 0 Å². The van der Waals surface area contributed by atoms with Crippen molar-refractivity contribution in [3.8, 4) is 0 Å². The number of hydrogen-bond acceptors (Lipinski definition) is 11. The second-order valence-corrected chi connectivity index (χ2v) is 18.1. The average molecular weight is 889 g/mol. The molecule has 9 rings (SSSR count). The zero-order valence-electron chi connectivity index (χ0n) is 34.8. The molecule has 1 aromatic heterocycles. The Bertz CT molecular complexity index is 2580. The first-order valence-corrected chi connectivity index (χ1v) is 22.7. The predicted octanol–water partition coefficient (Wildman–Crippen LogP) is 8.63. The van der Waals surface area contributed by atoms with Crippen molar-refractivity contribution in [3.63, 3.8) is 0 Å². The van der Waals surface area contributed by atoms with Crippen LogP contribution in [-0.4, -0.2) is 67.7 Å². The van der Waals surface area contributed by atoms with E-state index in [-0.39, 0.29) is 23.6 Å². The Morgan fingerprint density at radius 1 is 0.797 bits per heavy atom. The number of fused-ring (bicyclic) bond motifs is 1. The van der Waals surface area contributed by atoms with Gasteiger partial charge in [-0.15, -0.1) is 11.3 Å². The van der Waals surface area contributed by atoms with Gasteiger partial charge in [0.25, 0.3) is 5.91 Å². The van der Waals surface area contributed by atoms with Crippen molar-refractivity contribution in [1.29, 1.82) is 5.41 Å². The number of thiazole rings is 1. The largest absolute Gasteiger partial charge is 0.448 e. The summed E-state index contributed by atoms with van der Waals surface area (Å²) in [4.78, 5) is 62.2. The summed E-state index contributed by atoms with van der Waals surface area (Å²) in [6, 6.07) is 48.7. The van der Waals surface area contributed by atoms with Crippen molar-refractivity contribution < 1.29 is 28.7 Å². The van der Waals surface area contributed by atoms with Gasteiger partial charge < -0.3 is 25.0 Å². The summed E-state index contributed by atoms with van der Waals surface area (Å²) in [6.45, 7) is 2.50. The number of carbonyl (C=O) groups is 4. The summed E-state index contributed by atoms with van der Waals surface area (Å²) in [7, 11) is 0. The fourth-order valence-corrected chi connectivity index (χ4v) is 10.6. The minimum absolute atomic E-state index is 0.175. The van der Waals surface area contributed by atoms with Gasteiger partial charge >= 0.3 is 12.1 Å². The van der Waals surface area contributed by atoms with Crippen LogP contribution in [0.25, 0.3) is 0 Å². The monoisotopic (exact) mass is 888 g/mol. The highest BCUT2D eigenvalue weighted by atomic mass is 32.2. The van der Waals surface area contributed by atoms with Crippen molar-refractivity contribution in [3.05, 3.63) is 202 Å². The Kier molecular flexibility index (Phi) is 11.9. The topological polar surface area (TPSA) is 154 Å². The van der Waals surface area contributed by atoms with Gasteiger partial charge in [-0.2, -0.15) is 0 Å². The van der Waals surface area contributed by atoms with Gasteiger partial charge in [0.15, 0.2) is 22.7 Å². The van der Waals surface area contributed by atoms with Crippen LogP contribution in [0.4, 0.5) is 9.93 Å². The SMILES string of the molecule is CC1(NC(=O)Cc2csc(NC(c3ccccc3)(c3ccccc3)c3ccccc3)n2)S[C@@H]2C(=N)C(=O)N2C(C(=O)OC(c2ccccc2)c2ccccc2)=C1OC(=O)N1CCCC1. The van der Waals surface area contributed by atoms with Crippen molar-refractivity contribution in [2.24, 2.45) is 0 Å². The summed E-state index contributed by atoms with van der Waals surface area (Å²) in [5.41, 5.74) is 3.34. The quantitative estimate of drug-likeness (QED) is 0.0588. The fraction of sp³-hybridized carbons (Fsp3) is 0.200. The smallest absolute Gasteiger partial charge is 0.415 e. The lowest BCUT2D eigenvalue weighted by atomic mass is 9.77. The van der Waals surface area contributed by atoms with E-state index < -0.39 is 45.8 Å². The van der Waals surface area contributed by atoms with Crippen LogP contribution in [0.2, 0.25) is 0 Å². The number of ether oxygens (including phenoxy) is 2. The molecular weight excluding hydrogens is 845 g/mol. The molecule has 5 aromatic carbocycles. The molecule has 6 aromatic rings. The fourth-order valence-electron chi connectivity index (χ4n) is 8.43. The van der Waals surface area contributed by atoms with Gasteiger partial charge in [0.2, 0.25) is 5.91 Å². The first-order chi connectivity index (χ1) is 31.1. The minimum Gasteiger partial charge on any atom is -0.448 e. The molecule has 0 bridgehead atoms. The van der Waals surface area contributed by atoms with E-state index >= 15 is 0 Å². The van der Waals surface area contributed by atoms with E-state index in [0.717, 1.165) is 46.2 Å². The molecule has 322 valence electrons. The maximum atomic E-state index is 14.7. The highest BCUT2D eigenvalue weighted by molar-refractivity contribution is 8.02. The van der Waals surface area contributed by atoms with Gasteiger partial charge in [-0.3, -0.25) is 19.9 Å². The second-order valence-electron chi connectivity index (χ2n) is 15.8. The number of carbonyl (C=O) groups excluding carboxylic acids is 4. The van der Waals surface area contributed by atoms with E-state index in [1.165, 1.54) is 16.2 Å². The number of β-lactam (4-membered cyclic amide) rings is 1. The number of nitrogens with zero attached hydrogens (tertiary/aromatic N) is 3. The van der Waals surface area contributed by atoms with Gasteiger partial charge in [-0.05, 0) is 47.6 Å². The lowest BCUT2D eigenvalue weighted by Gasteiger charge is -2.50. The lowest BCUT2D eigenvalue weighted by molar-refractivity contribution is -0.148. The highest BCUT2D eigenvalue weighted by Gasteiger charge is 2.59. The molecule has 3 N–H and O–H groups in total. The van der Waals surface area contributed by atoms with Gasteiger partial charge in [-0.25, -0.2) is 14.6 Å². The number of hydrogen-bond donors (Lipinski definition) is 3. The molecule has 64 heavy (non-hydrogen) atoms. The summed E-state index contributed by atoms with van der Waals surface area (Å²) in [5.74, 6) is -2.44. The number of amides is 3. The molecule has 0 spiro atoms. The van der Waals surface area contributed by atoms with Crippen molar-refractivity contribution in [2.75, 3.05) is 18.4 Å². The van der Waals surface area contributed by atoms with Crippen LogP contribution < -0.4 is 10.6 Å². The zero-order valence-corrected chi connectivity index (χ0v) is 36.4. The first-order valence-electron chi connectivity index (χ1n) is 21.0. The number of esters is 1. The number of nitrogens with one attached hydrogen (secondary N) is 3. The first kappa shape index (κ1) is 42.3. The lowest BCUT2D eigenvalue weighted by Crippen LogP contribution is -2.67. The van der Waals surface area contributed by atoms with Crippen LogP contribution >= 0.6 is 23.1 Å². The van der Waals surface area contributed by atoms with E-state index in [2.05, 4.69) is 47.0 Å². The number of thioether (sulfide) groups is 1. The van der Waals surface area contributed by atoms with Gasteiger partial charge in [0.05, 0.1) is 12.1 Å².